The molecule has 0 aromatic heterocycles. The molecule has 2 aromatic carbocycles. The van der Waals surface area contributed by atoms with E-state index in [1.807, 2.05) is 31.2 Å². The number of benzene rings is 2. The Labute approximate surface area is 174 Å². The summed E-state index contributed by atoms with van der Waals surface area (Å²) in [6.45, 7) is 2.42. The summed E-state index contributed by atoms with van der Waals surface area (Å²) in [5, 5.41) is 2.81. The Kier molecular flexibility index (Phi) is 5.40. The molecule has 2 aliphatic heterocycles. The average Bonchev–Trinajstić information content (AvgIpc) is 3.09. The van der Waals surface area contributed by atoms with Gasteiger partial charge < -0.3 is 10.2 Å². The van der Waals surface area contributed by atoms with E-state index in [4.69, 9.17) is 0 Å². The summed E-state index contributed by atoms with van der Waals surface area (Å²) >= 11 is 1.53. The number of anilines is 2. The third kappa shape index (κ3) is 4.04. The number of carbonyl (C=O) groups is 2. The number of nitrogens with zero attached hydrogens (tertiary/aromatic N) is 1. The Bertz CT molecular complexity index is 1080. The molecule has 0 saturated carbocycles. The zero-order valence-electron chi connectivity index (χ0n) is 16.1. The van der Waals surface area contributed by atoms with Gasteiger partial charge in [-0.3, -0.25) is 9.59 Å². The van der Waals surface area contributed by atoms with E-state index in [0.717, 1.165) is 22.6 Å². The van der Waals surface area contributed by atoms with E-state index in [1.54, 1.807) is 17.0 Å². The van der Waals surface area contributed by atoms with Gasteiger partial charge >= 0.3 is 0 Å². The van der Waals surface area contributed by atoms with Crippen LogP contribution in [-0.4, -0.2) is 38.3 Å². The Balaban J connectivity index is 1.48. The lowest BCUT2D eigenvalue weighted by atomic mass is 10.2. The number of carbonyl (C=O) groups excluding carboxylic acids is 2. The highest BCUT2D eigenvalue weighted by Gasteiger charge is 2.27. The van der Waals surface area contributed by atoms with E-state index in [-0.39, 0.29) is 34.8 Å². The molecule has 2 aromatic rings. The molecule has 0 saturated heterocycles. The summed E-state index contributed by atoms with van der Waals surface area (Å²) in [5.74, 6) is -0.0644. The predicted molar refractivity (Wildman–Crippen MR) is 114 cm³/mol. The monoisotopic (exact) mass is 430 g/mol. The fourth-order valence-electron chi connectivity index (χ4n) is 3.54. The van der Waals surface area contributed by atoms with Gasteiger partial charge in [-0.1, -0.05) is 25.1 Å². The minimum absolute atomic E-state index is 0.0775. The molecule has 6 nitrogen and oxygen atoms in total. The van der Waals surface area contributed by atoms with Crippen LogP contribution in [0.25, 0.3) is 0 Å². The van der Waals surface area contributed by atoms with Crippen LogP contribution in [0.3, 0.4) is 0 Å². The quantitative estimate of drug-likeness (QED) is 0.806. The molecule has 1 N–H and O–H groups in total. The van der Waals surface area contributed by atoms with Crippen LogP contribution in [0.1, 0.15) is 18.9 Å². The van der Waals surface area contributed by atoms with Crippen molar-refractivity contribution in [2.75, 3.05) is 28.3 Å². The zero-order valence-corrected chi connectivity index (χ0v) is 17.7. The van der Waals surface area contributed by atoms with Crippen molar-refractivity contribution >= 4 is 44.8 Å². The van der Waals surface area contributed by atoms with Crippen LogP contribution in [0.4, 0.5) is 11.4 Å². The number of fused-ring (bicyclic) bond motifs is 2. The van der Waals surface area contributed by atoms with Gasteiger partial charge in [-0.15, -0.1) is 11.8 Å². The van der Waals surface area contributed by atoms with E-state index < -0.39 is 9.84 Å². The van der Waals surface area contributed by atoms with Crippen LogP contribution in [0.5, 0.6) is 0 Å². The molecule has 2 heterocycles. The number of hydrogen-bond acceptors (Lipinski definition) is 5. The standard InChI is InChI=1S/C21H22N2O4S2/c1-14-13-28-19-7-6-16(12-17(19)22-21(14)25)29(26,27)11-9-20(24)23-10-8-15-4-2-3-5-18(15)23/h2-7,12,14H,8-11,13H2,1H3,(H,22,25)/t14-/m0/s1. The molecule has 29 heavy (non-hydrogen) atoms. The fraction of sp³-hybridized carbons (Fsp3) is 0.333. The van der Waals surface area contributed by atoms with Crippen LogP contribution < -0.4 is 10.2 Å². The number of thioether (sulfide) groups is 1. The van der Waals surface area contributed by atoms with Crippen molar-refractivity contribution < 1.29 is 18.0 Å². The number of para-hydroxylation sites is 1. The minimum Gasteiger partial charge on any atom is -0.325 e. The molecule has 4 rings (SSSR count). The Morgan fingerprint density at radius 3 is 2.86 bits per heavy atom. The largest absolute Gasteiger partial charge is 0.325 e. The molecule has 2 aliphatic rings. The molecule has 0 radical (unpaired) electrons. The van der Waals surface area contributed by atoms with Crippen LogP contribution in [0, 0.1) is 5.92 Å². The first kappa shape index (κ1) is 20.0. The first-order chi connectivity index (χ1) is 13.8. The van der Waals surface area contributed by atoms with Crippen molar-refractivity contribution in [2.24, 2.45) is 5.92 Å². The first-order valence-corrected chi connectivity index (χ1v) is 12.2. The summed E-state index contributed by atoms with van der Waals surface area (Å²) in [5.41, 5.74) is 2.50. The van der Waals surface area contributed by atoms with Crippen LogP contribution in [0.15, 0.2) is 52.3 Å². The summed E-state index contributed by atoms with van der Waals surface area (Å²) in [4.78, 5) is 27.4. The van der Waals surface area contributed by atoms with Crippen LogP contribution in [-0.2, 0) is 25.8 Å². The van der Waals surface area contributed by atoms with Gasteiger partial charge in [0.25, 0.3) is 0 Å². The highest BCUT2D eigenvalue weighted by Crippen LogP contribution is 2.34. The Hall–Kier alpha value is -2.32. The van der Waals surface area contributed by atoms with Gasteiger partial charge in [0.1, 0.15) is 0 Å². The van der Waals surface area contributed by atoms with Gasteiger partial charge in [0, 0.05) is 35.2 Å². The van der Waals surface area contributed by atoms with Crippen LogP contribution >= 0.6 is 11.8 Å². The second-order valence-electron chi connectivity index (χ2n) is 7.35. The van der Waals surface area contributed by atoms with Gasteiger partial charge in [-0.2, -0.15) is 0 Å². The summed E-state index contributed by atoms with van der Waals surface area (Å²) in [6, 6.07) is 12.5. The summed E-state index contributed by atoms with van der Waals surface area (Å²) in [7, 11) is -3.65. The first-order valence-electron chi connectivity index (χ1n) is 9.54. The van der Waals surface area contributed by atoms with Crippen LogP contribution in [0.2, 0.25) is 0 Å². The van der Waals surface area contributed by atoms with E-state index in [2.05, 4.69) is 5.32 Å². The summed E-state index contributed by atoms with van der Waals surface area (Å²) in [6.07, 6.45) is 0.709. The molecule has 152 valence electrons. The van der Waals surface area contributed by atoms with E-state index in [0.29, 0.717) is 18.0 Å². The zero-order chi connectivity index (χ0) is 20.6. The van der Waals surface area contributed by atoms with Crippen molar-refractivity contribution in [1.29, 1.82) is 0 Å². The number of rotatable bonds is 4. The molecule has 2 amide bonds. The molecule has 0 unspecified atom stereocenters. The van der Waals surface area contributed by atoms with E-state index >= 15 is 0 Å². The third-order valence-corrected chi connectivity index (χ3v) is 8.32. The van der Waals surface area contributed by atoms with Gasteiger partial charge in [0.05, 0.1) is 16.3 Å². The van der Waals surface area contributed by atoms with Crippen molar-refractivity contribution in [2.45, 2.75) is 29.6 Å². The van der Waals surface area contributed by atoms with Gasteiger partial charge in [-0.05, 0) is 36.2 Å². The van der Waals surface area contributed by atoms with Crippen molar-refractivity contribution in [1.82, 2.24) is 0 Å². The molecule has 0 spiro atoms. The number of sulfone groups is 1. The lowest BCUT2D eigenvalue weighted by Crippen LogP contribution is -2.30. The Morgan fingerprint density at radius 1 is 1.24 bits per heavy atom. The average molecular weight is 431 g/mol. The second kappa shape index (κ2) is 7.84. The minimum atomic E-state index is -3.65. The van der Waals surface area contributed by atoms with Crippen molar-refractivity contribution in [3.05, 3.63) is 48.0 Å². The molecule has 0 aliphatic carbocycles. The van der Waals surface area contributed by atoms with Gasteiger partial charge in [0.2, 0.25) is 11.8 Å². The predicted octanol–water partition coefficient (Wildman–Crippen LogP) is 3.12. The molecule has 1 atom stereocenters. The highest BCUT2D eigenvalue weighted by molar-refractivity contribution is 7.99. The number of nitrogens with one attached hydrogen (secondary N) is 1. The van der Waals surface area contributed by atoms with Gasteiger partial charge in [-0.25, -0.2) is 8.42 Å². The topological polar surface area (TPSA) is 83.6 Å². The van der Waals surface area contributed by atoms with E-state index in [9.17, 15) is 18.0 Å². The fourth-order valence-corrected chi connectivity index (χ4v) is 5.81. The molecular weight excluding hydrogens is 408 g/mol. The lowest BCUT2D eigenvalue weighted by Gasteiger charge is -2.17. The number of amides is 2. The Morgan fingerprint density at radius 2 is 2.03 bits per heavy atom. The third-order valence-electron chi connectivity index (χ3n) is 5.28. The molecule has 0 fully saturated rings. The molecule has 0 bridgehead atoms. The number of hydrogen-bond donors (Lipinski definition) is 1. The normalized spacial score (nSPS) is 18.6. The smallest absolute Gasteiger partial charge is 0.228 e. The van der Waals surface area contributed by atoms with Crippen molar-refractivity contribution in [3.63, 3.8) is 0 Å². The van der Waals surface area contributed by atoms with Gasteiger partial charge in [0.15, 0.2) is 9.84 Å². The maximum Gasteiger partial charge on any atom is 0.228 e. The van der Waals surface area contributed by atoms with E-state index in [1.165, 1.54) is 17.8 Å². The lowest BCUT2D eigenvalue weighted by molar-refractivity contribution is -0.119. The molecular formula is C21H22N2O4S2. The maximum absolute atomic E-state index is 12.8. The van der Waals surface area contributed by atoms with Crippen molar-refractivity contribution in [3.8, 4) is 0 Å². The molecule has 8 heteroatoms. The summed E-state index contributed by atoms with van der Waals surface area (Å²) < 4.78 is 25.6. The second-order valence-corrected chi connectivity index (χ2v) is 10.5. The SMILES string of the molecule is C[C@H]1CSc2ccc(S(=O)(=O)CCC(=O)N3CCc4ccccc43)cc2NC1=O. The highest BCUT2D eigenvalue weighted by atomic mass is 32.2. The maximum atomic E-state index is 12.8.